The van der Waals surface area contributed by atoms with E-state index in [2.05, 4.69) is 23.2 Å². The van der Waals surface area contributed by atoms with Crippen LogP contribution in [0.2, 0.25) is 0 Å². The minimum atomic E-state index is -0.236. The molecule has 0 fully saturated rings. The van der Waals surface area contributed by atoms with Crippen LogP contribution in [0.3, 0.4) is 0 Å². The molecule has 116 valence electrons. The molecule has 2 heterocycles. The van der Waals surface area contributed by atoms with E-state index in [4.69, 9.17) is 4.74 Å². The van der Waals surface area contributed by atoms with E-state index in [1.807, 2.05) is 23.9 Å². The van der Waals surface area contributed by atoms with E-state index >= 15 is 0 Å². The number of rotatable bonds is 3. The summed E-state index contributed by atoms with van der Waals surface area (Å²) in [5, 5.41) is 0. The number of hydrogen-bond acceptors (Lipinski definition) is 3. The normalized spacial score (nSPS) is 18.0. The van der Waals surface area contributed by atoms with Gasteiger partial charge in [-0.15, -0.1) is 0 Å². The van der Waals surface area contributed by atoms with Crippen LogP contribution in [-0.4, -0.2) is 40.2 Å². The highest BCUT2D eigenvalue weighted by Gasteiger charge is 2.20. The summed E-state index contributed by atoms with van der Waals surface area (Å²) in [6.07, 6.45) is 14.7. The molecule has 1 aliphatic heterocycles. The molecule has 1 aromatic heterocycles. The van der Waals surface area contributed by atoms with Gasteiger partial charge in [-0.2, -0.15) is 0 Å². The SMILES string of the molecule is Cn1cncc1C1=CCN(C(=O)OCC2=CCCC=C2)CC1. The van der Waals surface area contributed by atoms with Crippen LogP contribution in [-0.2, 0) is 11.8 Å². The summed E-state index contributed by atoms with van der Waals surface area (Å²) in [7, 11) is 1.98. The molecule has 2 aliphatic rings. The van der Waals surface area contributed by atoms with Crippen LogP contribution < -0.4 is 0 Å². The Balaban J connectivity index is 1.53. The Bertz CT molecular complexity index is 640. The number of aromatic nitrogens is 2. The molecule has 1 aromatic rings. The molecule has 0 spiro atoms. The van der Waals surface area contributed by atoms with Crippen molar-refractivity contribution in [3.05, 3.63) is 48.1 Å². The van der Waals surface area contributed by atoms with Crippen LogP contribution in [0.15, 0.2) is 42.4 Å². The number of carbonyl (C=O) groups is 1. The van der Waals surface area contributed by atoms with Crippen molar-refractivity contribution < 1.29 is 9.53 Å². The molecule has 0 bridgehead atoms. The fraction of sp³-hybridized carbons (Fsp3) is 0.412. The van der Waals surface area contributed by atoms with Crippen LogP contribution in [0.1, 0.15) is 25.0 Å². The number of imidazole rings is 1. The number of amides is 1. The summed E-state index contributed by atoms with van der Waals surface area (Å²) in [6, 6.07) is 0. The molecule has 0 N–H and O–H groups in total. The van der Waals surface area contributed by atoms with E-state index in [0.29, 0.717) is 19.7 Å². The van der Waals surface area contributed by atoms with E-state index < -0.39 is 0 Å². The number of carbonyl (C=O) groups excluding carboxylic acids is 1. The molecule has 0 unspecified atom stereocenters. The first kappa shape index (κ1) is 14.6. The quantitative estimate of drug-likeness (QED) is 0.862. The smallest absolute Gasteiger partial charge is 0.410 e. The maximum Gasteiger partial charge on any atom is 0.410 e. The van der Waals surface area contributed by atoms with Gasteiger partial charge in [-0.1, -0.05) is 24.3 Å². The van der Waals surface area contributed by atoms with Gasteiger partial charge in [0.15, 0.2) is 0 Å². The fourth-order valence-corrected chi connectivity index (χ4v) is 2.75. The maximum atomic E-state index is 12.1. The van der Waals surface area contributed by atoms with Gasteiger partial charge in [0, 0.05) is 20.1 Å². The third-order valence-electron chi connectivity index (χ3n) is 4.05. The van der Waals surface area contributed by atoms with Crippen LogP contribution in [0.25, 0.3) is 5.57 Å². The molecule has 0 saturated carbocycles. The summed E-state index contributed by atoms with van der Waals surface area (Å²) in [6.45, 7) is 1.64. The average Bonchev–Trinajstić information content (AvgIpc) is 3.00. The highest BCUT2D eigenvalue weighted by molar-refractivity contribution is 5.71. The van der Waals surface area contributed by atoms with E-state index in [-0.39, 0.29) is 6.09 Å². The Kier molecular flexibility index (Phi) is 4.42. The molecular formula is C17H21N3O2. The van der Waals surface area contributed by atoms with Gasteiger partial charge in [-0.25, -0.2) is 9.78 Å². The van der Waals surface area contributed by atoms with Gasteiger partial charge in [-0.05, 0) is 30.4 Å². The summed E-state index contributed by atoms with van der Waals surface area (Å²) in [4.78, 5) is 18.0. The molecule has 5 nitrogen and oxygen atoms in total. The molecule has 22 heavy (non-hydrogen) atoms. The van der Waals surface area contributed by atoms with Gasteiger partial charge in [-0.3, -0.25) is 0 Å². The standard InChI is InChI=1S/C17H21N3O2/c1-19-13-18-11-16(19)15-7-9-20(10-8-15)17(21)22-12-14-5-3-2-4-6-14/h3,5-7,11,13H,2,4,8-10,12H2,1H3. The number of ether oxygens (including phenoxy) is 1. The van der Waals surface area contributed by atoms with Gasteiger partial charge in [0.1, 0.15) is 6.61 Å². The molecule has 0 aromatic carbocycles. The largest absolute Gasteiger partial charge is 0.445 e. The monoisotopic (exact) mass is 299 g/mol. The van der Waals surface area contributed by atoms with Crippen LogP contribution >= 0.6 is 0 Å². The third kappa shape index (κ3) is 3.30. The molecule has 5 heteroatoms. The first-order valence-electron chi connectivity index (χ1n) is 7.67. The second-order valence-corrected chi connectivity index (χ2v) is 5.63. The number of hydrogen-bond donors (Lipinski definition) is 0. The lowest BCUT2D eigenvalue weighted by Gasteiger charge is -2.26. The highest BCUT2D eigenvalue weighted by atomic mass is 16.6. The molecule has 1 amide bonds. The predicted octanol–water partition coefficient (Wildman–Crippen LogP) is 2.92. The Hall–Kier alpha value is -2.30. The van der Waals surface area contributed by atoms with Crippen molar-refractivity contribution in [2.75, 3.05) is 19.7 Å². The Morgan fingerprint density at radius 1 is 1.36 bits per heavy atom. The lowest BCUT2D eigenvalue weighted by molar-refractivity contribution is 0.115. The van der Waals surface area contributed by atoms with Crippen molar-refractivity contribution >= 4 is 11.7 Å². The van der Waals surface area contributed by atoms with Crippen molar-refractivity contribution in [2.45, 2.75) is 19.3 Å². The van der Waals surface area contributed by atoms with Crippen LogP contribution in [0, 0.1) is 0 Å². The average molecular weight is 299 g/mol. The first-order valence-corrected chi connectivity index (χ1v) is 7.67. The summed E-state index contributed by atoms with van der Waals surface area (Å²) < 4.78 is 7.39. The van der Waals surface area contributed by atoms with Crippen molar-refractivity contribution in [3.8, 4) is 0 Å². The van der Waals surface area contributed by atoms with Crippen LogP contribution in [0.4, 0.5) is 4.79 Å². The second kappa shape index (κ2) is 6.64. The number of aryl methyl sites for hydroxylation is 1. The van der Waals surface area contributed by atoms with Crippen molar-refractivity contribution in [1.29, 1.82) is 0 Å². The van der Waals surface area contributed by atoms with Crippen molar-refractivity contribution in [1.82, 2.24) is 14.5 Å². The zero-order valence-corrected chi connectivity index (χ0v) is 12.9. The lowest BCUT2D eigenvalue weighted by Crippen LogP contribution is -2.35. The minimum Gasteiger partial charge on any atom is -0.445 e. The molecule has 3 rings (SSSR count). The fourth-order valence-electron chi connectivity index (χ4n) is 2.75. The zero-order valence-electron chi connectivity index (χ0n) is 12.9. The van der Waals surface area contributed by atoms with Crippen molar-refractivity contribution in [2.24, 2.45) is 7.05 Å². The van der Waals surface area contributed by atoms with Crippen LogP contribution in [0.5, 0.6) is 0 Å². The minimum absolute atomic E-state index is 0.236. The van der Waals surface area contributed by atoms with E-state index in [1.165, 1.54) is 5.57 Å². The Morgan fingerprint density at radius 3 is 2.91 bits per heavy atom. The molecule has 1 aliphatic carbocycles. The van der Waals surface area contributed by atoms with Gasteiger partial charge in [0.05, 0.1) is 18.2 Å². The summed E-state index contributed by atoms with van der Waals surface area (Å²) in [5.74, 6) is 0. The first-order chi connectivity index (χ1) is 10.7. The summed E-state index contributed by atoms with van der Waals surface area (Å²) >= 11 is 0. The van der Waals surface area contributed by atoms with Gasteiger partial charge < -0.3 is 14.2 Å². The molecule has 0 atom stereocenters. The number of nitrogens with zero attached hydrogens (tertiary/aromatic N) is 3. The van der Waals surface area contributed by atoms with Gasteiger partial charge in [0.2, 0.25) is 0 Å². The van der Waals surface area contributed by atoms with Gasteiger partial charge in [0.25, 0.3) is 0 Å². The second-order valence-electron chi connectivity index (χ2n) is 5.63. The third-order valence-corrected chi connectivity index (χ3v) is 4.05. The lowest BCUT2D eigenvalue weighted by atomic mass is 10.1. The van der Waals surface area contributed by atoms with E-state index in [9.17, 15) is 4.79 Å². The Morgan fingerprint density at radius 2 is 2.27 bits per heavy atom. The Labute approximate surface area is 130 Å². The molecule has 0 radical (unpaired) electrons. The van der Waals surface area contributed by atoms with E-state index in [0.717, 1.165) is 30.5 Å². The van der Waals surface area contributed by atoms with Gasteiger partial charge >= 0.3 is 6.09 Å². The van der Waals surface area contributed by atoms with E-state index in [1.54, 1.807) is 11.2 Å². The highest BCUT2D eigenvalue weighted by Crippen LogP contribution is 2.22. The topological polar surface area (TPSA) is 47.4 Å². The molecule has 0 saturated heterocycles. The predicted molar refractivity (Wildman–Crippen MR) is 85.2 cm³/mol. The zero-order chi connectivity index (χ0) is 15.4. The number of allylic oxidation sites excluding steroid dienone is 2. The van der Waals surface area contributed by atoms with Crippen molar-refractivity contribution in [3.63, 3.8) is 0 Å². The maximum absolute atomic E-state index is 12.1. The summed E-state index contributed by atoms with van der Waals surface area (Å²) in [5.41, 5.74) is 3.44. The molecular weight excluding hydrogens is 278 g/mol.